The van der Waals surface area contributed by atoms with Crippen molar-refractivity contribution in [2.45, 2.75) is 45.9 Å². The molecule has 0 aliphatic heterocycles. The first-order valence-electron chi connectivity index (χ1n) is 6.25. The molecule has 0 amide bonds. The zero-order chi connectivity index (χ0) is 12.8. The maximum absolute atomic E-state index is 5.80. The molecule has 1 atom stereocenters. The summed E-state index contributed by atoms with van der Waals surface area (Å²) in [6.07, 6.45) is 0.194. The van der Waals surface area contributed by atoms with E-state index in [9.17, 15) is 0 Å². The van der Waals surface area contributed by atoms with Crippen molar-refractivity contribution in [3.63, 3.8) is 0 Å². The summed E-state index contributed by atoms with van der Waals surface area (Å²) in [7, 11) is 0. The molecule has 0 saturated carbocycles. The van der Waals surface area contributed by atoms with Crippen LogP contribution in [0.3, 0.4) is 0 Å². The van der Waals surface area contributed by atoms with Gasteiger partial charge >= 0.3 is 0 Å². The highest BCUT2D eigenvalue weighted by atomic mass is 16.5. The summed E-state index contributed by atoms with van der Waals surface area (Å²) in [5.41, 5.74) is 6.98. The van der Waals surface area contributed by atoms with Gasteiger partial charge < -0.3 is 15.8 Å². The van der Waals surface area contributed by atoms with Crippen LogP contribution in [0.15, 0.2) is 24.3 Å². The van der Waals surface area contributed by atoms with Gasteiger partial charge in [0, 0.05) is 18.6 Å². The number of hydrogen-bond acceptors (Lipinski definition) is 3. The predicted octanol–water partition coefficient (Wildman–Crippen LogP) is 2.47. The van der Waals surface area contributed by atoms with E-state index in [0.29, 0.717) is 12.6 Å². The molecule has 0 bridgehead atoms. The Hall–Kier alpha value is -1.06. The van der Waals surface area contributed by atoms with Crippen LogP contribution in [0.1, 0.15) is 39.3 Å². The lowest BCUT2D eigenvalue weighted by Crippen LogP contribution is -2.33. The van der Waals surface area contributed by atoms with Gasteiger partial charge in [0.05, 0.1) is 6.10 Å². The number of benzene rings is 1. The van der Waals surface area contributed by atoms with Crippen molar-refractivity contribution in [3.05, 3.63) is 29.8 Å². The van der Waals surface area contributed by atoms with Crippen molar-refractivity contribution in [2.24, 2.45) is 5.73 Å². The molecule has 1 aromatic rings. The first kappa shape index (κ1) is 14.0. The lowest BCUT2D eigenvalue weighted by atomic mass is 10.1. The van der Waals surface area contributed by atoms with Gasteiger partial charge in [-0.25, -0.2) is 0 Å². The fourth-order valence-corrected chi connectivity index (χ4v) is 1.78. The molecule has 1 unspecified atom stereocenters. The third-order valence-corrected chi connectivity index (χ3v) is 2.40. The summed E-state index contributed by atoms with van der Waals surface area (Å²) >= 11 is 0. The summed E-state index contributed by atoms with van der Waals surface area (Å²) in [6.45, 7) is 8.89. The van der Waals surface area contributed by atoms with Crippen LogP contribution in [-0.4, -0.2) is 18.7 Å². The van der Waals surface area contributed by atoms with Gasteiger partial charge in [-0.05, 0) is 31.5 Å². The minimum atomic E-state index is 0.186. The van der Waals surface area contributed by atoms with E-state index in [2.05, 4.69) is 31.3 Å². The molecule has 1 rings (SSSR count). The maximum atomic E-state index is 5.80. The van der Waals surface area contributed by atoms with Crippen LogP contribution in [-0.2, 0) is 0 Å². The fourth-order valence-electron chi connectivity index (χ4n) is 1.78. The quantitative estimate of drug-likeness (QED) is 0.797. The van der Waals surface area contributed by atoms with Gasteiger partial charge in [-0.3, -0.25) is 0 Å². The van der Waals surface area contributed by atoms with Crippen molar-refractivity contribution in [1.82, 2.24) is 5.32 Å². The Morgan fingerprint density at radius 1 is 1.24 bits per heavy atom. The van der Waals surface area contributed by atoms with Crippen molar-refractivity contribution in [2.75, 3.05) is 6.54 Å². The standard InChI is InChI=1S/C14H24N2O/c1-10(2)16-14(9-15)12-6-5-7-13(8-12)17-11(3)4/h5-8,10-11,14,16H,9,15H2,1-4H3. The Labute approximate surface area is 104 Å². The minimum Gasteiger partial charge on any atom is -0.491 e. The third kappa shape index (κ3) is 4.75. The summed E-state index contributed by atoms with van der Waals surface area (Å²) in [4.78, 5) is 0. The highest BCUT2D eigenvalue weighted by molar-refractivity contribution is 5.31. The Kier molecular flexibility index (Phi) is 5.45. The molecule has 96 valence electrons. The fraction of sp³-hybridized carbons (Fsp3) is 0.571. The van der Waals surface area contributed by atoms with E-state index in [1.807, 2.05) is 26.0 Å². The van der Waals surface area contributed by atoms with Gasteiger partial charge in [0.25, 0.3) is 0 Å². The molecular formula is C14H24N2O. The van der Waals surface area contributed by atoms with Crippen molar-refractivity contribution >= 4 is 0 Å². The molecule has 17 heavy (non-hydrogen) atoms. The highest BCUT2D eigenvalue weighted by Gasteiger charge is 2.11. The first-order valence-corrected chi connectivity index (χ1v) is 6.25. The van der Waals surface area contributed by atoms with E-state index < -0.39 is 0 Å². The number of hydrogen-bond donors (Lipinski definition) is 2. The van der Waals surface area contributed by atoms with E-state index >= 15 is 0 Å². The number of rotatable bonds is 6. The Balaban J connectivity index is 2.81. The topological polar surface area (TPSA) is 47.3 Å². The zero-order valence-corrected chi connectivity index (χ0v) is 11.2. The lowest BCUT2D eigenvalue weighted by Gasteiger charge is -2.21. The molecule has 0 heterocycles. The number of nitrogens with one attached hydrogen (secondary N) is 1. The minimum absolute atomic E-state index is 0.186. The van der Waals surface area contributed by atoms with Gasteiger partial charge in [-0.15, -0.1) is 0 Å². The van der Waals surface area contributed by atoms with E-state index in [1.54, 1.807) is 0 Å². The summed E-state index contributed by atoms with van der Waals surface area (Å²) in [5.74, 6) is 0.904. The number of nitrogens with two attached hydrogens (primary N) is 1. The molecule has 0 aromatic heterocycles. The molecule has 0 radical (unpaired) electrons. The van der Waals surface area contributed by atoms with Crippen LogP contribution in [0.25, 0.3) is 0 Å². The second-order valence-electron chi connectivity index (χ2n) is 4.85. The monoisotopic (exact) mass is 236 g/mol. The van der Waals surface area contributed by atoms with E-state index in [1.165, 1.54) is 5.56 Å². The second-order valence-corrected chi connectivity index (χ2v) is 4.85. The van der Waals surface area contributed by atoms with Gasteiger partial charge in [-0.2, -0.15) is 0 Å². The molecule has 0 spiro atoms. The lowest BCUT2D eigenvalue weighted by molar-refractivity contribution is 0.242. The van der Waals surface area contributed by atoms with Crippen LogP contribution in [0, 0.1) is 0 Å². The van der Waals surface area contributed by atoms with Crippen molar-refractivity contribution < 1.29 is 4.74 Å². The normalized spacial score (nSPS) is 13.1. The third-order valence-electron chi connectivity index (χ3n) is 2.40. The van der Waals surface area contributed by atoms with Crippen molar-refractivity contribution in [1.29, 1.82) is 0 Å². The molecule has 0 saturated heterocycles. The van der Waals surface area contributed by atoms with Crippen LogP contribution >= 0.6 is 0 Å². The van der Waals surface area contributed by atoms with Crippen LogP contribution in [0.5, 0.6) is 5.75 Å². The zero-order valence-electron chi connectivity index (χ0n) is 11.2. The molecule has 0 fully saturated rings. The summed E-state index contributed by atoms with van der Waals surface area (Å²) < 4.78 is 5.69. The van der Waals surface area contributed by atoms with Gasteiger partial charge in [0.1, 0.15) is 5.75 Å². The molecule has 0 aliphatic carbocycles. The smallest absolute Gasteiger partial charge is 0.120 e. The van der Waals surface area contributed by atoms with Gasteiger partial charge in [0.15, 0.2) is 0 Å². The van der Waals surface area contributed by atoms with Gasteiger partial charge in [-0.1, -0.05) is 26.0 Å². The average molecular weight is 236 g/mol. The van der Waals surface area contributed by atoms with E-state index in [-0.39, 0.29) is 12.1 Å². The Morgan fingerprint density at radius 2 is 1.94 bits per heavy atom. The highest BCUT2D eigenvalue weighted by Crippen LogP contribution is 2.20. The average Bonchev–Trinajstić information content (AvgIpc) is 2.25. The molecule has 0 aliphatic rings. The molecule has 1 aromatic carbocycles. The number of ether oxygens (including phenoxy) is 1. The summed E-state index contributed by atoms with van der Waals surface area (Å²) in [6, 6.07) is 8.74. The largest absolute Gasteiger partial charge is 0.491 e. The molecule has 3 nitrogen and oxygen atoms in total. The molecule has 3 N–H and O–H groups in total. The molecular weight excluding hydrogens is 212 g/mol. The van der Waals surface area contributed by atoms with Gasteiger partial charge in [0.2, 0.25) is 0 Å². The van der Waals surface area contributed by atoms with Crippen LogP contribution < -0.4 is 15.8 Å². The van der Waals surface area contributed by atoms with Crippen LogP contribution in [0.2, 0.25) is 0 Å². The molecule has 3 heteroatoms. The first-order chi connectivity index (χ1) is 8.02. The maximum Gasteiger partial charge on any atom is 0.120 e. The Bertz CT molecular complexity index is 337. The Morgan fingerprint density at radius 3 is 2.47 bits per heavy atom. The second kappa shape index (κ2) is 6.62. The summed E-state index contributed by atoms with van der Waals surface area (Å²) in [5, 5.41) is 3.45. The predicted molar refractivity (Wildman–Crippen MR) is 72.3 cm³/mol. The van der Waals surface area contributed by atoms with E-state index in [4.69, 9.17) is 10.5 Å². The van der Waals surface area contributed by atoms with Crippen LogP contribution in [0.4, 0.5) is 0 Å². The van der Waals surface area contributed by atoms with E-state index in [0.717, 1.165) is 5.75 Å². The SMILES string of the molecule is CC(C)NC(CN)c1cccc(OC(C)C)c1. The van der Waals surface area contributed by atoms with Crippen molar-refractivity contribution in [3.8, 4) is 5.75 Å².